The van der Waals surface area contributed by atoms with Gasteiger partial charge in [0.1, 0.15) is 5.75 Å². The number of ether oxygens (including phenoxy) is 1. The Morgan fingerprint density at radius 3 is 2.76 bits per heavy atom. The van der Waals surface area contributed by atoms with Gasteiger partial charge in [-0.05, 0) is 37.1 Å². The average Bonchev–Trinajstić information content (AvgIpc) is 3.02. The van der Waals surface area contributed by atoms with Crippen molar-refractivity contribution < 1.29 is 9.53 Å². The predicted octanol–water partition coefficient (Wildman–Crippen LogP) is 3.03. The molecule has 4 nitrogen and oxygen atoms in total. The van der Waals surface area contributed by atoms with Crippen LogP contribution in [0.3, 0.4) is 0 Å². The number of hydrogen-bond donors (Lipinski definition) is 2. The van der Waals surface area contributed by atoms with Crippen LogP contribution in [-0.2, 0) is 10.2 Å². The molecule has 21 heavy (non-hydrogen) atoms. The zero-order chi connectivity index (χ0) is 15.2. The van der Waals surface area contributed by atoms with Crippen LogP contribution in [0.25, 0.3) is 0 Å². The van der Waals surface area contributed by atoms with Crippen LogP contribution in [0.4, 0.5) is 5.69 Å². The first-order valence-electron chi connectivity index (χ1n) is 6.77. The lowest BCUT2D eigenvalue weighted by atomic mass is 9.84. The number of nitrogens with one attached hydrogen (secondary N) is 1. The fourth-order valence-electron chi connectivity index (χ4n) is 2.55. The molecule has 5 heteroatoms. The number of nitrogens with two attached hydrogens (primary N) is 1. The summed E-state index contributed by atoms with van der Waals surface area (Å²) in [4.78, 5) is 13.0. The fraction of sp³-hybridized carbons (Fsp3) is 0.312. The van der Waals surface area contributed by atoms with Crippen molar-refractivity contribution in [1.29, 1.82) is 0 Å². The first-order valence-corrected chi connectivity index (χ1v) is 7.65. The number of thiophene rings is 1. The molecule has 1 amide bonds. The monoisotopic (exact) mass is 302 g/mol. The lowest BCUT2D eigenvalue weighted by Crippen LogP contribution is -2.27. The summed E-state index contributed by atoms with van der Waals surface area (Å²) in [5.74, 6) is 0.852. The van der Waals surface area contributed by atoms with Crippen molar-refractivity contribution in [1.82, 2.24) is 0 Å². The fourth-order valence-corrected chi connectivity index (χ4v) is 3.43. The molecule has 3 rings (SSSR count). The molecule has 0 radical (unpaired) electrons. The Morgan fingerprint density at radius 2 is 2.10 bits per heavy atom. The summed E-state index contributed by atoms with van der Waals surface area (Å²) in [5.41, 5.74) is 8.72. The van der Waals surface area contributed by atoms with Gasteiger partial charge in [0, 0.05) is 15.9 Å². The van der Waals surface area contributed by atoms with E-state index in [0.717, 1.165) is 27.4 Å². The molecule has 3 N–H and O–H groups in total. The molecule has 0 spiro atoms. The van der Waals surface area contributed by atoms with Crippen molar-refractivity contribution in [3.8, 4) is 5.75 Å². The zero-order valence-corrected chi connectivity index (χ0v) is 13.1. The van der Waals surface area contributed by atoms with E-state index in [1.54, 1.807) is 18.4 Å². The number of rotatable bonds is 3. The van der Waals surface area contributed by atoms with Crippen LogP contribution in [0.15, 0.2) is 29.6 Å². The zero-order valence-electron chi connectivity index (χ0n) is 12.3. The van der Waals surface area contributed by atoms with E-state index in [2.05, 4.69) is 5.32 Å². The minimum atomic E-state index is -0.516. The molecule has 0 saturated heterocycles. The quantitative estimate of drug-likeness (QED) is 0.916. The highest BCUT2D eigenvalue weighted by Crippen LogP contribution is 2.39. The number of benzene rings is 1. The van der Waals surface area contributed by atoms with Gasteiger partial charge >= 0.3 is 0 Å². The van der Waals surface area contributed by atoms with Crippen molar-refractivity contribution in [2.75, 3.05) is 12.4 Å². The minimum Gasteiger partial charge on any atom is -0.496 e. The molecule has 1 aromatic carbocycles. The van der Waals surface area contributed by atoms with Crippen LogP contribution in [-0.4, -0.2) is 13.0 Å². The summed E-state index contributed by atoms with van der Waals surface area (Å²) in [5, 5.41) is 4.85. The third-order valence-electron chi connectivity index (χ3n) is 4.03. The van der Waals surface area contributed by atoms with Gasteiger partial charge in [-0.15, -0.1) is 11.3 Å². The summed E-state index contributed by atoms with van der Waals surface area (Å²) in [6, 6.07) is 7.68. The van der Waals surface area contributed by atoms with Crippen LogP contribution >= 0.6 is 11.3 Å². The van der Waals surface area contributed by atoms with E-state index in [1.165, 1.54) is 0 Å². The summed E-state index contributed by atoms with van der Waals surface area (Å²) in [6.07, 6.45) is 0. The van der Waals surface area contributed by atoms with E-state index in [-0.39, 0.29) is 11.9 Å². The van der Waals surface area contributed by atoms with Gasteiger partial charge in [-0.25, -0.2) is 0 Å². The van der Waals surface area contributed by atoms with Gasteiger partial charge in [0.25, 0.3) is 0 Å². The van der Waals surface area contributed by atoms with Crippen molar-refractivity contribution in [3.63, 3.8) is 0 Å². The highest BCUT2D eigenvalue weighted by molar-refractivity contribution is 7.10. The molecule has 2 aromatic rings. The molecule has 1 aliphatic heterocycles. The summed E-state index contributed by atoms with van der Waals surface area (Å²) < 4.78 is 5.20. The Kier molecular flexibility index (Phi) is 3.26. The highest BCUT2D eigenvalue weighted by atomic mass is 32.1. The molecule has 0 fully saturated rings. The van der Waals surface area contributed by atoms with E-state index in [4.69, 9.17) is 10.5 Å². The third-order valence-corrected chi connectivity index (χ3v) is 5.02. The number of anilines is 1. The predicted molar refractivity (Wildman–Crippen MR) is 85.0 cm³/mol. The highest BCUT2D eigenvalue weighted by Gasteiger charge is 2.38. The summed E-state index contributed by atoms with van der Waals surface area (Å²) in [6.45, 7) is 3.86. The molecular formula is C16H18N2O2S. The van der Waals surface area contributed by atoms with Crippen LogP contribution in [0, 0.1) is 0 Å². The molecule has 1 unspecified atom stereocenters. The largest absolute Gasteiger partial charge is 0.496 e. The van der Waals surface area contributed by atoms with E-state index in [0.29, 0.717) is 0 Å². The van der Waals surface area contributed by atoms with E-state index < -0.39 is 5.41 Å². The van der Waals surface area contributed by atoms with Gasteiger partial charge in [0.05, 0.1) is 18.6 Å². The molecule has 110 valence electrons. The van der Waals surface area contributed by atoms with Crippen molar-refractivity contribution in [2.24, 2.45) is 5.73 Å². The maximum atomic E-state index is 12.0. The minimum absolute atomic E-state index is 0.0287. The number of carbonyl (C=O) groups excluding carboxylic acids is 1. The van der Waals surface area contributed by atoms with Gasteiger partial charge in [-0.1, -0.05) is 12.1 Å². The standard InChI is InChI=1S/C16H18N2O2S/c1-16(2)11-6-9(4-5-12(11)18-15(16)19)14(17)13-7-10(20-3)8-21-13/h4-8,14H,17H2,1-3H3,(H,18,19). The van der Waals surface area contributed by atoms with Crippen molar-refractivity contribution in [2.45, 2.75) is 25.3 Å². The number of carbonyl (C=O) groups is 1. The van der Waals surface area contributed by atoms with Gasteiger partial charge in [-0.3, -0.25) is 4.79 Å². The van der Waals surface area contributed by atoms with E-state index >= 15 is 0 Å². The molecular weight excluding hydrogens is 284 g/mol. The van der Waals surface area contributed by atoms with Crippen LogP contribution in [0.2, 0.25) is 0 Å². The maximum Gasteiger partial charge on any atom is 0.234 e. The average molecular weight is 302 g/mol. The number of fused-ring (bicyclic) bond motifs is 1. The smallest absolute Gasteiger partial charge is 0.234 e. The lowest BCUT2D eigenvalue weighted by molar-refractivity contribution is -0.119. The van der Waals surface area contributed by atoms with Gasteiger partial charge in [0.15, 0.2) is 0 Å². The summed E-state index contributed by atoms with van der Waals surface area (Å²) >= 11 is 1.58. The van der Waals surface area contributed by atoms with Gasteiger partial charge in [-0.2, -0.15) is 0 Å². The first kappa shape index (κ1) is 14.1. The second-order valence-corrected chi connectivity index (χ2v) is 6.69. The molecule has 0 saturated carbocycles. The molecule has 1 aliphatic rings. The normalized spacial score (nSPS) is 17.2. The number of hydrogen-bond acceptors (Lipinski definition) is 4. The summed E-state index contributed by atoms with van der Waals surface area (Å²) in [7, 11) is 1.65. The molecule has 1 aromatic heterocycles. The Hall–Kier alpha value is -1.85. The molecule has 0 bridgehead atoms. The van der Waals surface area contributed by atoms with Crippen LogP contribution < -0.4 is 15.8 Å². The van der Waals surface area contributed by atoms with Crippen LogP contribution in [0.5, 0.6) is 5.75 Å². The van der Waals surface area contributed by atoms with Gasteiger partial charge in [0.2, 0.25) is 5.91 Å². The second kappa shape index (κ2) is 4.86. The SMILES string of the molecule is COc1csc(C(N)c2ccc3c(c2)C(C)(C)C(=O)N3)c1. The number of amides is 1. The van der Waals surface area contributed by atoms with Gasteiger partial charge < -0.3 is 15.8 Å². The second-order valence-electron chi connectivity index (χ2n) is 5.75. The lowest BCUT2D eigenvalue weighted by Gasteiger charge is -2.17. The Bertz CT molecular complexity index is 706. The first-order chi connectivity index (χ1) is 9.93. The molecule has 1 atom stereocenters. The van der Waals surface area contributed by atoms with Crippen molar-refractivity contribution in [3.05, 3.63) is 45.6 Å². The maximum absolute atomic E-state index is 12.0. The van der Waals surface area contributed by atoms with E-state index in [9.17, 15) is 4.79 Å². The van der Waals surface area contributed by atoms with Crippen LogP contribution in [0.1, 0.15) is 35.9 Å². The Balaban J connectivity index is 1.98. The number of methoxy groups -OCH3 is 1. The van der Waals surface area contributed by atoms with E-state index in [1.807, 2.05) is 43.5 Å². The Labute approximate surface area is 127 Å². The third kappa shape index (κ3) is 2.22. The van der Waals surface area contributed by atoms with Crippen molar-refractivity contribution >= 4 is 22.9 Å². The Morgan fingerprint density at radius 1 is 1.33 bits per heavy atom. The molecule has 2 heterocycles. The topological polar surface area (TPSA) is 64.3 Å². The molecule has 0 aliphatic carbocycles.